The summed E-state index contributed by atoms with van der Waals surface area (Å²) in [6.45, 7) is 14.9. The summed E-state index contributed by atoms with van der Waals surface area (Å²) < 4.78 is 0. The largest absolute Gasteiger partial charge is 1.00 e. The second-order valence-electron chi connectivity index (χ2n) is 29.8. The van der Waals surface area contributed by atoms with E-state index in [0.717, 1.165) is 55.1 Å². The first-order valence-corrected chi connectivity index (χ1v) is 40.5. The summed E-state index contributed by atoms with van der Waals surface area (Å²) in [4.78, 5) is 157. The maximum atomic E-state index is 12.3. The number of aromatic hydroxyl groups is 10. The van der Waals surface area contributed by atoms with Crippen molar-refractivity contribution in [2.45, 2.75) is 158 Å². The molecule has 0 aliphatic heterocycles. The van der Waals surface area contributed by atoms with Crippen molar-refractivity contribution < 1.29 is 275 Å². The molecule has 44 heteroatoms. The molecule has 0 aliphatic carbocycles. The molecule has 14 atom stereocenters. The number of phenolic OH excluding ortho intramolecular Hbond substituents is 10. The Bertz CT molecular complexity index is 4200. The van der Waals surface area contributed by atoms with E-state index in [2.05, 4.69) is 22.1 Å². The summed E-state index contributed by atoms with van der Waals surface area (Å²) in [6.07, 6.45) is 3.81. The van der Waals surface area contributed by atoms with Crippen molar-refractivity contribution in [3.05, 3.63) is 119 Å². The molecule has 0 saturated heterocycles. The molecule has 0 fully saturated rings. The molecular weight excluding hydrogens is 1690 g/mol. The number of benzene rings is 5. The van der Waals surface area contributed by atoms with Crippen molar-refractivity contribution in [2.75, 3.05) is 32.7 Å². The number of quaternary nitrogens is 2. The quantitative estimate of drug-likeness (QED) is 0.00977. The van der Waals surface area contributed by atoms with Crippen LogP contribution in [-0.4, -0.2) is 183 Å². The Morgan fingerprint density at radius 2 is 0.634 bits per heavy atom. The fourth-order valence-corrected chi connectivity index (χ4v) is 12.5. The monoisotopic (exact) mass is 1810 g/mol. The van der Waals surface area contributed by atoms with Crippen molar-refractivity contribution >= 4 is 84.1 Å². The molecule has 0 bridgehead atoms. The van der Waals surface area contributed by atoms with Gasteiger partial charge in [-0.25, -0.2) is 0 Å². The smallest absolute Gasteiger partial charge is 0.550 e. The maximum absolute atomic E-state index is 12.3. The van der Waals surface area contributed by atoms with Gasteiger partial charge in [-0.2, -0.15) is 0 Å². The molecule has 131 heavy (non-hydrogen) atoms. The zero-order valence-corrected chi connectivity index (χ0v) is 76.6. The van der Waals surface area contributed by atoms with Crippen LogP contribution in [0.5, 0.6) is 57.5 Å². The van der Waals surface area contributed by atoms with Crippen molar-refractivity contribution in [3.8, 4) is 57.5 Å². The Hall–Kier alpha value is -10.1. The van der Waals surface area contributed by atoms with E-state index in [9.17, 15) is 139 Å². The Balaban J connectivity index is -0.000000284. The number of amides is 2. The van der Waals surface area contributed by atoms with Crippen LogP contribution in [-0.2, 0) is 99.2 Å². The van der Waals surface area contributed by atoms with E-state index in [-0.39, 0.29) is 234 Å². The molecule has 23 N–H and O–H groups in total. The molecule has 0 spiro atoms. The average molecular weight is 1810 g/mol. The predicted octanol–water partition coefficient (Wildman–Crippen LogP) is -18.2. The molecule has 2 amide bonds. The van der Waals surface area contributed by atoms with Gasteiger partial charge in [-0.1, -0.05) is 85.7 Å². The molecule has 0 aliphatic rings. The number of carboxylic acid groups (broad SMARTS) is 10. The van der Waals surface area contributed by atoms with E-state index in [0.29, 0.717) is 50.8 Å². The van der Waals surface area contributed by atoms with Gasteiger partial charge in [0.2, 0.25) is 11.8 Å². The van der Waals surface area contributed by atoms with E-state index in [1.54, 1.807) is 77.1 Å². The average Bonchev–Trinajstić information content (AvgIpc) is 0.816. The topological polar surface area (TPSA) is 769 Å². The molecule has 702 valence electrons. The van der Waals surface area contributed by atoms with Gasteiger partial charge in [0.15, 0.2) is 57.5 Å². The second-order valence-corrected chi connectivity index (χ2v) is 29.8. The van der Waals surface area contributed by atoms with Crippen LogP contribution in [0.25, 0.3) is 0 Å². The summed E-state index contributed by atoms with van der Waals surface area (Å²) in [5, 5.41) is 201. The summed E-state index contributed by atoms with van der Waals surface area (Å²) in [7, 11) is 0. The van der Waals surface area contributed by atoms with Crippen molar-refractivity contribution in [1.29, 1.82) is 0 Å². The molecule has 5 aromatic carbocycles. The first kappa shape index (κ1) is 134. The minimum atomic E-state index is -1.88. The van der Waals surface area contributed by atoms with Crippen LogP contribution in [0, 0.1) is 82.9 Å². The van der Waals surface area contributed by atoms with Crippen molar-refractivity contribution in [3.63, 3.8) is 0 Å². The number of carbonyl (C=O) groups is 14. The van der Waals surface area contributed by atoms with Crippen molar-refractivity contribution in [2.24, 2.45) is 88.6 Å². The summed E-state index contributed by atoms with van der Waals surface area (Å²) in [6, 6.07) is 23.1. The van der Waals surface area contributed by atoms with Crippen LogP contribution in [0.15, 0.2) is 91.0 Å². The second kappa shape index (κ2) is 72.5. The van der Waals surface area contributed by atoms with Gasteiger partial charge in [-0.05, 0) is 215 Å². The SMILES string of the molecule is CCC(C=O)C(C(=O)O)C(CC(C=O)C(C(=O)O)C(C)C(=O)[O-])C(=O)[O-].CCC(CC(C)C(=O)NCCc1ccc(O)c(O)c1)C(=O)[O-].CCC(CC(C)C(=O)[O-])C(=O)[O-].CCC(CC(CCC(CC(C)C(=O)NCCc1ccc(O)c(O)c1)C(=O)[O-])C(=O)O)C(=O)[O-].NCCc1ccc(O)c(O)c1.[Li+].[Li+].[Li+].[Li+].[Li+].[NH3+]CCc1ccc(O)c(O)c1.[NH3+]CCc1ccc(O)c(O)c1. The van der Waals surface area contributed by atoms with E-state index in [1.165, 1.54) is 62.4 Å². The van der Waals surface area contributed by atoms with Gasteiger partial charge in [0.25, 0.3) is 0 Å². The third-order valence-electron chi connectivity index (χ3n) is 20.3. The molecule has 5 aromatic rings. The van der Waals surface area contributed by atoms with Gasteiger partial charge in [0, 0.05) is 103 Å². The Morgan fingerprint density at radius 1 is 0.344 bits per heavy atom. The van der Waals surface area contributed by atoms with Crippen LogP contribution in [0.4, 0.5) is 0 Å². The number of hydrogen-bond donors (Lipinski definition) is 18. The van der Waals surface area contributed by atoms with Crippen LogP contribution in [0.1, 0.15) is 154 Å². The predicted molar refractivity (Wildman–Crippen MR) is 433 cm³/mol. The first-order chi connectivity index (χ1) is 59.0. The Labute approximate surface area is 819 Å². The normalized spacial score (nSPS) is 13.3. The van der Waals surface area contributed by atoms with Gasteiger partial charge < -0.3 is 173 Å². The number of nitrogens with two attached hydrogens (primary N) is 1. The fourth-order valence-electron chi connectivity index (χ4n) is 12.5. The Kier molecular flexibility index (Phi) is 74.2. The molecule has 5 rings (SSSR count). The number of aldehydes is 2. The number of hydrogen-bond acceptors (Lipinski definition) is 32. The van der Waals surface area contributed by atoms with E-state index in [1.807, 2.05) is 0 Å². The van der Waals surface area contributed by atoms with Crippen LogP contribution < -0.4 is 158 Å². The number of carbonyl (C=O) groups excluding carboxylic acids is 11. The van der Waals surface area contributed by atoms with Gasteiger partial charge >= 0.3 is 112 Å². The number of rotatable bonds is 47. The van der Waals surface area contributed by atoms with E-state index in [4.69, 9.17) is 36.4 Å². The minimum Gasteiger partial charge on any atom is -0.550 e. The number of aliphatic carboxylic acids is 10. The fraction of sp³-hybridized carbons (Fsp3) is 0.494. The van der Waals surface area contributed by atoms with E-state index < -0.39 is 149 Å². The zero-order chi connectivity index (χ0) is 97.0. The molecular formula is C87H120Li5N5O34. The molecule has 14 unspecified atom stereocenters. The zero-order valence-electron chi connectivity index (χ0n) is 76.6. The van der Waals surface area contributed by atoms with Gasteiger partial charge in [0.05, 0.1) is 30.8 Å². The number of phenols is 10. The van der Waals surface area contributed by atoms with Crippen molar-refractivity contribution in [1.82, 2.24) is 10.6 Å². The van der Waals surface area contributed by atoms with Crippen LogP contribution in [0.3, 0.4) is 0 Å². The minimum absolute atomic E-state index is 0. The summed E-state index contributed by atoms with van der Waals surface area (Å²) >= 11 is 0. The standard InChI is InChI=1S/C23H33NO9.C16H23NO5.C16H22O10.3C8H11NO2.C8H14O4.5Li/c1-3-15(21(28)29)12-17(23(32)33)6-5-16(22(30)31)10-13(2)20(27)24-9-8-14-4-7-18(25)19(26)11-14;1-3-12(16(21)22)8-10(2)15(20)17-7-6-11-4-5-13(18)14(19)9-11;1-3-8(5-17)12(16(25)26)10(14(21)22)4-9(6-18)11(15(23)24)7(2)13(19)20;3*9-4-3-6-1-2-7(10)8(11)5-6;1-3-6(8(11)12)4-5(2)7(9)10;;;;;/h4,7,11,13,15-17,25-26H,3,5-6,8-10,12H2,1-2H3,(H,24,27)(H,28,29)(H,30,31)(H,32,33);4-5,9-10,12,18-19H,3,6-8H2,1-2H3,(H,17,20)(H,21,22);5-12H,3-4H2,1-2H3,(H,19,20)(H,21,22)(H,23,24)(H,25,26);3*1-2,5,10-11H,3-4,9H2;5-6H,3-4H2,1-2H3,(H,9,10)(H,11,12);;;;;/q;;;;;;;5*+1/p-5. The third kappa shape index (κ3) is 53.3. The number of carboxylic acids is 10. The molecule has 0 heterocycles. The summed E-state index contributed by atoms with van der Waals surface area (Å²) in [5.74, 6) is -32.4. The molecule has 0 saturated carbocycles. The number of nitrogens with one attached hydrogen (secondary N) is 2. The first-order valence-electron chi connectivity index (χ1n) is 40.5. The molecule has 0 radical (unpaired) electrons. The maximum Gasteiger partial charge on any atom is 1.00 e. The van der Waals surface area contributed by atoms with Gasteiger partial charge in [-0.15, -0.1) is 0 Å². The van der Waals surface area contributed by atoms with Crippen LogP contribution in [0.2, 0.25) is 0 Å². The molecule has 0 aromatic heterocycles. The van der Waals surface area contributed by atoms with Gasteiger partial charge in [-0.3, -0.25) is 24.0 Å². The Morgan fingerprint density at radius 3 is 0.878 bits per heavy atom. The van der Waals surface area contributed by atoms with Crippen LogP contribution >= 0.6 is 0 Å². The summed E-state index contributed by atoms with van der Waals surface area (Å²) in [5.41, 5.74) is 17.1. The molecule has 39 nitrogen and oxygen atoms in total. The van der Waals surface area contributed by atoms with E-state index >= 15 is 0 Å². The third-order valence-corrected chi connectivity index (χ3v) is 20.3. The van der Waals surface area contributed by atoms with Gasteiger partial charge in [0.1, 0.15) is 12.6 Å².